The molecule has 0 amide bonds. The molecule has 0 bridgehead atoms. The van der Waals surface area contributed by atoms with Gasteiger partial charge in [-0.05, 0) is 25.2 Å². The van der Waals surface area contributed by atoms with Crippen LogP contribution in [0.5, 0.6) is 0 Å². The summed E-state index contributed by atoms with van der Waals surface area (Å²) in [6.07, 6.45) is 5.20. The number of aliphatic hydroxyl groups excluding tert-OH is 1. The van der Waals surface area contributed by atoms with Gasteiger partial charge in [-0.25, -0.2) is 4.98 Å². The quantitative estimate of drug-likeness (QED) is 0.706. The monoisotopic (exact) mass is 223 g/mol. The number of nitrogens with zero attached hydrogens (tertiary/aromatic N) is 1. The summed E-state index contributed by atoms with van der Waals surface area (Å²) >= 11 is 0. The largest absolute Gasteiger partial charge is 0.393 e. The highest BCUT2D eigenvalue weighted by Gasteiger charge is 2.19. The van der Waals surface area contributed by atoms with E-state index in [1.54, 1.807) is 0 Å². The minimum Gasteiger partial charge on any atom is -0.393 e. The highest BCUT2D eigenvalue weighted by molar-refractivity contribution is 5.31. The highest BCUT2D eigenvalue weighted by Crippen LogP contribution is 2.24. The lowest BCUT2D eigenvalue weighted by molar-refractivity contribution is 0.104. The van der Waals surface area contributed by atoms with Gasteiger partial charge in [-0.2, -0.15) is 0 Å². The van der Waals surface area contributed by atoms with Crippen molar-refractivity contribution in [1.82, 2.24) is 9.97 Å². The van der Waals surface area contributed by atoms with E-state index in [-0.39, 0.29) is 11.7 Å². The van der Waals surface area contributed by atoms with E-state index in [9.17, 15) is 9.90 Å². The molecule has 2 unspecified atom stereocenters. The number of rotatable bonds is 3. The minimum absolute atomic E-state index is 0.152. The van der Waals surface area contributed by atoms with Gasteiger partial charge in [0.05, 0.1) is 12.4 Å². The third-order valence-corrected chi connectivity index (χ3v) is 3.01. The summed E-state index contributed by atoms with van der Waals surface area (Å²) < 4.78 is 0. The van der Waals surface area contributed by atoms with E-state index in [1.807, 2.05) is 0 Å². The van der Waals surface area contributed by atoms with Gasteiger partial charge in [0, 0.05) is 12.6 Å². The Morgan fingerprint density at radius 1 is 1.56 bits per heavy atom. The number of aliphatic hydroxyl groups is 1. The number of anilines is 1. The fourth-order valence-electron chi connectivity index (χ4n) is 2.16. The van der Waals surface area contributed by atoms with Crippen LogP contribution in [-0.2, 0) is 0 Å². The molecule has 88 valence electrons. The summed E-state index contributed by atoms with van der Waals surface area (Å²) in [7, 11) is 0. The van der Waals surface area contributed by atoms with E-state index < -0.39 is 0 Å². The van der Waals surface area contributed by atoms with Crippen molar-refractivity contribution in [3.63, 3.8) is 0 Å². The van der Waals surface area contributed by atoms with Crippen LogP contribution in [0.3, 0.4) is 0 Å². The Bertz CT molecular complexity index is 391. The Morgan fingerprint density at radius 2 is 2.44 bits per heavy atom. The molecule has 0 aromatic carbocycles. The van der Waals surface area contributed by atoms with Gasteiger partial charge < -0.3 is 15.4 Å². The lowest BCUT2D eigenvalue weighted by Gasteiger charge is -2.25. The van der Waals surface area contributed by atoms with Crippen molar-refractivity contribution in [2.24, 2.45) is 5.92 Å². The number of hydrogen-bond acceptors (Lipinski definition) is 4. The van der Waals surface area contributed by atoms with Crippen LogP contribution in [0.25, 0.3) is 0 Å². The molecule has 1 fully saturated rings. The lowest BCUT2D eigenvalue weighted by atomic mass is 9.87. The normalized spacial score (nSPS) is 25.3. The fraction of sp³-hybridized carbons (Fsp3) is 0.636. The standard InChI is InChI=1S/C11H17N3O2/c15-9-3-1-2-8(4-9)6-12-10-5-11(16)14-7-13-10/h5,7-9,15H,1-4,6H2,(H2,12,13,14,16). The van der Waals surface area contributed by atoms with E-state index in [0.717, 1.165) is 32.2 Å². The van der Waals surface area contributed by atoms with E-state index in [2.05, 4.69) is 15.3 Å². The van der Waals surface area contributed by atoms with Crippen LogP contribution in [-0.4, -0.2) is 27.7 Å². The minimum atomic E-state index is -0.160. The molecule has 2 atom stereocenters. The first kappa shape index (κ1) is 11.1. The number of nitrogens with one attached hydrogen (secondary N) is 2. The Balaban J connectivity index is 1.85. The first-order chi connectivity index (χ1) is 7.74. The molecule has 0 spiro atoms. The Morgan fingerprint density at radius 3 is 3.19 bits per heavy atom. The van der Waals surface area contributed by atoms with Crippen LogP contribution < -0.4 is 10.9 Å². The maximum atomic E-state index is 11.0. The molecule has 1 aliphatic rings. The number of aromatic nitrogens is 2. The predicted octanol–water partition coefficient (Wildman–Crippen LogP) is 0.733. The molecule has 1 saturated carbocycles. The Labute approximate surface area is 93.9 Å². The van der Waals surface area contributed by atoms with Gasteiger partial charge in [-0.3, -0.25) is 4.79 Å². The third kappa shape index (κ3) is 3.06. The van der Waals surface area contributed by atoms with Gasteiger partial charge >= 0.3 is 0 Å². The molecule has 2 rings (SSSR count). The van der Waals surface area contributed by atoms with Crippen molar-refractivity contribution < 1.29 is 5.11 Å². The zero-order chi connectivity index (χ0) is 11.4. The number of H-pyrrole nitrogens is 1. The van der Waals surface area contributed by atoms with Gasteiger partial charge in [0.25, 0.3) is 5.56 Å². The molecule has 16 heavy (non-hydrogen) atoms. The first-order valence-electron chi connectivity index (χ1n) is 5.70. The summed E-state index contributed by atoms with van der Waals surface area (Å²) in [5.74, 6) is 1.08. The van der Waals surface area contributed by atoms with Crippen LogP contribution in [0.4, 0.5) is 5.82 Å². The third-order valence-electron chi connectivity index (χ3n) is 3.01. The molecule has 1 heterocycles. The molecule has 0 radical (unpaired) electrons. The summed E-state index contributed by atoms with van der Waals surface area (Å²) in [5, 5.41) is 12.7. The number of aromatic amines is 1. The van der Waals surface area contributed by atoms with E-state index in [4.69, 9.17) is 0 Å². The molecule has 3 N–H and O–H groups in total. The maximum absolute atomic E-state index is 11.0. The molecule has 5 heteroatoms. The van der Waals surface area contributed by atoms with Crippen LogP contribution in [0.2, 0.25) is 0 Å². The predicted molar refractivity (Wildman–Crippen MR) is 61.3 cm³/mol. The molecule has 0 saturated heterocycles. The second kappa shape index (κ2) is 5.12. The van der Waals surface area contributed by atoms with E-state index in [1.165, 1.54) is 12.4 Å². The molecule has 1 aromatic rings. The summed E-state index contributed by atoms with van der Waals surface area (Å²) in [6, 6.07) is 1.44. The summed E-state index contributed by atoms with van der Waals surface area (Å²) in [6.45, 7) is 0.771. The van der Waals surface area contributed by atoms with E-state index >= 15 is 0 Å². The van der Waals surface area contributed by atoms with Crippen LogP contribution in [0, 0.1) is 5.92 Å². The highest BCUT2D eigenvalue weighted by atomic mass is 16.3. The van der Waals surface area contributed by atoms with Gasteiger partial charge in [-0.15, -0.1) is 0 Å². The molecule has 1 aliphatic carbocycles. The topological polar surface area (TPSA) is 78.0 Å². The zero-order valence-corrected chi connectivity index (χ0v) is 9.15. The van der Waals surface area contributed by atoms with Crippen molar-refractivity contribution >= 4 is 5.82 Å². The average Bonchev–Trinajstić information content (AvgIpc) is 2.27. The van der Waals surface area contributed by atoms with Crippen molar-refractivity contribution in [3.05, 3.63) is 22.7 Å². The second-order valence-corrected chi connectivity index (χ2v) is 4.36. The molecule has 0 aliphatic heterocycles. The Hall–Kier alpha value is -1.36. The Kier molecular flexibility index (Phi) is 3.56. The summed E-state index contributed by atoms with van der Waals surface area (Å²) in [5.41, 5.74) is -0.152. The number of hydrogen-bond donors (Lipinski definition) is 3. The smallest absolute Gasteiger partial charge is 0.252 e. The van der Waals surface area contributed by atoms with Crippen LogP contribution in [0.1, 0.15) is 25.7 Å². The molecular formula is C11H17N3O2. The second-order valence-electron chi connectivity index (χ2n) is 4.36. The summed E-state index contributed by atoms with van der Waals surface area (Å²) in [4.78, 5) is 17.5. The SMILES string of the molecule is O=c1cc(NCC2CCCC(O)C2)nc[nH]1. The molecule has 1 aromatic heterocycles. The zero-order valence-electron chi connectivity index (χ0n) is 9.15. The first-order valence-corrected chi connectivity index (χ1v) is 5.70. The van der Waals surface area contributed by atoms with Crippen molar-refractivity contribution in [2.45, 2.75) is 31.8 Å². The van der Waals surface area contributed by atoms with Crippen molar-refractivity contribution in [3.8, 4) is 0 Å². The molecule has 5 nitrogen and oxygen atoms in total. The maximum Gasteiger partial charge on any atom is 0.252 e. The van der Waals surface area contributed by atoms with Crippen LogP contribution in [0.15, 0.2) is 17.2 Å². The van der Waals surface area contributed by atoms with E-state index in [0.29, 0.717) is 11.7 Å². The average molecular weight is 223 g/mol. The van der Waals surface area contributed by atoms with Crippen molar-refractivity contribution in [2.75, 3.05) is 11.9 Å². The molecular weight excluding hydrogens is 206 g/mol. The van der Waals surface area contributed by atoms with Crippen LogP contribution >= 0.6 is 0 Å². The van der Waals surface area contributed by atoms with Crippen molar-refractivity contribution in [1.29, 1.82) is 0 Å². The fourth-order valence-corrected chi connectivity index (χ4v) is 2.16. The van der Waals surface area contributed by atoms with Gasteiger partial charge in [0.1, 0.15) is 5.82 Å². The lowest BCUT2D eigenvalue weighted by Crippen LogP contribution is -2.25. The van der Waals surface area contributed by atoms with Gasteiger partial charge in [0.2, 0.25) is 0 Å². The van der Waals surface area contributed by atoms with Gasteiger partial charge in [-0.1, -0.05) is 6.42 Å². The van der Waals surface area contributed by atoms with Gasteiger partial charge in [0.15, 0.2) is 0 Å².